The first-order chi connectivity index (χ1) is 21.9. The van der Waals surface area contributed by atoms with Gasteiger partial charge in [0.15, 0.2) is 5.82 Å². The number of aromatic nitrogens is 2. The molecule has 5 heterocycles. The normalized spacial score (nSPS) is 23.2. The van der Waals surface area contributed by atoms with Gasteiger partial charge in [0, 0.05) is 73.7 Å². The molecule has 46 heavy (non-hydrogen) atoms. The zero-order chi connectivity index (χ0) is 32.3. The number of hydrogen-bond acceptors (Lipinski definition) is 9. The quantitative estimate of drug-likeness (QED) is 0.270. The highest BCUT2D eigenvalue weighted by molar-refractivity contribution is 7.23. The third kappa shape index (κ3) is 4.50. The molecule has 3 N–H and O–H groups in total. The molecule has 3 aliphatic heterocycles. The van der Waals surface area contributed by atoms with Crippen molar-refractivity contribution in [3.05, 3.63) is 41.0 Å². The maximum Gasteiger partial charge on any atom is 0.417 e. The Bertz CT molecular complexity index is 1950. The number of thiophene rings is 1. The number of nitrogens with one attached hydrogen (secondary N) is 1. The first kappa shape index (κ1) is 29.6. The molecule has 14 heteroatoms. The van der Waals surface area contributed by atoms with E-state index in [-0.39, 0.29) is 61.0 Å². The summed E-state index contributed by atoms with van der Waals surface area (Å²) in [5.41, 5.74) is 3.69. The van der Waals surface area contributed by atoms with Crippen LogP contribution in [-0.4, -0.2) is 72.3 Å². The molecular formula is C32H31F5N8S. The van der Waals surface area contributed by atoms with Crippen LogP contribution >= 0.6 is 11.3 Å². The highest BCUT2D eigenvalue weighted by Gasteiger charge is 2.55. The number of anilines is 3. The van der Waals surface area contributed by atoms with Crippen molar-refractivity contribution in [2.75, 3.05) is 54.8 Å². The molecule has 0 amide bonds. The fraction of sp³-hybridized carbons (Fsp3) is 0.469. The molecular weight excluding hydrogens is 623 g/mol. The van der Waals surface area contributed by atoms with Gasteiger partial charge < -0.3 is 20.9 Å². The van der Waals surface area contributed by atoms with Gasteiger partial charge in [-0.1, -0.05) is 6.07 Å². The number of nitriles is 1. The van der Waals surface area contributed by atoms with Crippen molar-refractivity contribution < 1.29 is 22.0 Å². The van der Waals surface area contributed by atoms with Crippen LogP contribution in [0.3, 0.4) is 0 Å². The van der Waals surface area contributed by atoms with Gasteiger partial charge in [0.05, 0.1) is 15.8 Å². The van der Waals surface area contributed by atoms with Gasteiger partial charge in [-0.2, -0.15) is 23.4 Å². The minimum Gasteiger partial charge on any atom is -0.389 e. The molecule has 8 nitrogen and oxygen atoms in total. The smallest absolute Gasteiger partial charge is 0.389 e. The Hall–Kier alpha value is -3.80. The van der Waals surface area contributed by atoms with E-state index >= 15 is 4.39 Å². The zero-order valence-corrected chi connectivity index (χ0v) is 26.0. The zero-order valence-electron chi connectivity index (χ0n) is 25.2. The molecule has 1 saturated carbocycles. The van der Waals surface area contributed by atoms with Crippen molar-refractivity contribution in [3.63, 3.8) is 0 Å². The number of hydrogen-bond donors (Lipinski definition) is 2. The summed E-state index contributed by atoms with van der Waals surface area (Å²) in [6, 6.07) is 5.02. The van der Waals surface area contributed by atoms with Crippen molar-refractivity contribution in [2.24, 2.45) is 5.41 Å². The first-order valence-electron chi connectivity index (χ1n) is 15.4. The lowest BCUT2D eigenvalue weighted by Gasteiger charge is -2.52. The maximum absolute atomic E-state index is 17.0. The number of halogens is 5. The van der Waals surface area contributed by atoms with Gasteiger partial charge in [0.25, 0.3) is 0 Å². The van der Waals surface area contributed by atoms with E-state index in [9.17, 15) is 22.8 Å². The predicted molar refractivity (Wildman–Crippen MR) is 168 cm³/mol. The largest absolute Gasteiger partial charge is 0.417 e. The molecule has 1 spiro atoms. The molecule has 4 aromatic rings. The van der Waals surface area contributed by atoms with Crippen molar-refractivity contribution in [2.45, 2.75) is 51.0 Å². The third-order valence-electron chi connectivity index (χ3n) is 10.1. The fourth-order valence-electron chi connectivity index (χ4n) is 7.29. The van der Waals surface area contributed by atoms with Crippen LogP contribution in [0.5, 0.6) is 0 Å². The van der Waals surface area contributed by atoms with E-state index in [1.165, 1.54) is 12.8 Å². The Morgan fingerprint density at radius 3 is 2.52 bits per heavy atom. The van der Waals surface area contributed by atoms with Gasteiger partial charge in [0.1, 0.15) is 28.2 Å². The molecule has 2 aromatic heterocycles. The lowest BCUT2D eigenvalue weighted by Crippen LogP contribution is -2.66. The van der Waals surface area contributed by atoms with E-state index < -0.39 is 28.9 Å². The number of likely N-dealkylation sites (tertiary alicyclic amines) is 1. The highest BCUT2D eigenvalue weighted by Crippen LogP contribution is 2.54. The van der Waals surface area contributed by atoms with Crippen molar-refractivity contribution in [1.29, 1.82) is 5.26 Å². The Kier molecular flexibility index (Phi) is 6.50. The van der Waals surface area contributed by atoms with E-state index in [1.54, 1.807) is 0 Å². The minimum atomic E-state index is -5.00. The van der Waals surface area contributed by atoms with Crippen molar-refractivity contribution in [1.82, 2.24) is 20.2 Å². The molecule has 1 aliphatic carbocycles. The van der Waals surface area contributed by atoms with E-state index in [0.29, 0.717) is 37.6 Å². The summed E-state index contributed by atoms with van der Waals surface area (Å²) in [6.07, 6.45) is -2.46. The average molecular weight is 655 g/mol. The summed E-state index contributed by atoms with van der Waals surface area (Å²) >= 11 is 0.741. The lowest BCUT2D eigenvalue weighted by atomic mass is 9.92. The first-order valence-corrected chi connectivity index (χ1v) is 16.2. The van der Waals surface area contributed by atoms with E-state index in [2.05, 4.69) is 15.2 Å². The second-order valence-corrected chi connectivity index (χ2v) is 14.4. The monoisotopic (exact) mass is 654 g/mol. The summed E-state index contributed by atoms with van der Waals surface area (Å²) < 4.78 is 76.5. The number of nitrogens with two attached hydrogens (primary N) is 1. The Morgan fingerprint density at radius 1 is 1.11 bits per heavy atom. The molecule has 2 atom stereocenters. The maximum atomic E-state index is 17.0. The van der Waals surface area contributed by atoms with Crippen LogP contribution in [0.15, 0.2) is 18.2 Å². The van der Waals surface area contributed by atoms with Gasteiger partial charge in [-0.15, -0.1) is 11.3 Å². The molecule has 4 fully saturated rings. The van der Waals surface area contributed by atoms with E-state index in [1.807, 2.05) is 29.7 Å². The minimum absolute atomic E-state index is 0.0198. The van der Waals surface area contributed by atoms with Crippen LogP contribution in [0.2, 0.25) is 0 Å². The topological polar surface area (TPSA) is 97.3 Å². The summed E-state index contributed by atoms with van der Waals surface area (Å²) in [6.45, 7) is 8.38. The average Bonchev–Trinajstić information content (AvgIpc) is 3.69. The molecule has 0 unspecified atom stereocenters. The third-order valence-corrected chi connectivity index (χ3v) is 11.2. The van der Waals surface area contributed by atoms with Crippen LogP contribution in [0.25, 0.3) is 32.1 Å². The van der Waals surface area contributed by atoms with Crippen LogP contribution in [-0.2, 0) is 6.18 Å². The SMILES string of the molecule is C[C@@H]1CN(c2nc(N3CC(N4CC5(CC5)C4)C3)nc3c(F)c(-c4ccc(F)c5sc(N)c(C#N)c45)c(C(F)(F)F)cc23)[C@@H](C)CN1. The Balaban J connectivity index is 1.33. The fourth-order valence-corrected chi connectivity index (χ4v) is 8.24. The second-order valence-electron chi connectivity index (χ2n) is 13.4. The molecule has 3 saturated heterocycles. The van der Waals surface area contributed by atoms with Crippen LogP contribution in [0, 0.1) is 28.4 Å². The summed E-state index contributed by atoms with van der Waals surface area (Å²) in [5.74, 6) is -1.47. The number of alkyl halides is 3. The van der Waals surface area contributed by atoms with E-state index in [0.717, 1.165) is 42.6 Å². The number of nitrogens with zero attached hydrogens (tertiary/aromatic N) is 6. The molecule has 240 valence electrons. The summed E-state index contributed by atoms with van der Waals surface area (Å²) in [5, 5.41) is 12.9. The van der Waals surface area contributed by atoms with Gasteiger partial charge in [0.2, 0.25) is 5.95 Å². The highest BCUT2D eigenvalue weighted by atomic mass is 32.1. The second kappa shape index (κ2) is 10.1. The van der Waals surface area contributed by atoms with Crippen LogP contribution in [0.1, 0.15) is 37.8 Å². The van der Waals surface area contributed by atoms with Crippen LogP contribution < -0.4 is 20.9 Å². The summed E-state index contributed by atoms with van der Waals surface area (Å²) in [4.78, 5) is 15.7. The van der Waals surface area contributed by atoms with Gasteiger partial charge in [-0.25, -0.2) is 13.8 Å². The number of rotatable bonds is 4. The van der Waals surface area contributed by atoms with Gasteiger partial charge in [-0.05, 0) is 49.8 Å². The Labute approximate surface area is 265 Å². The number of fused-ring (bicyclic) bond motifs is 2. The molecule has 2 aromatic carbocycles. The lowest BCUT2D eigenvalue weighted by molar-refractivity contribution is -0.137. The number of piperazine rings is 1. The number of nitrogen functional groups attached to an aromatic ring is 1. The van der Waals surface area contributed by atoms with Gasteiger partial charge >= 0.3 is 6.18 Å². The number of benzene rings is 2. The predicted octanol–water partition coefficient (Wildman–Crippen LogP) is 5.73. The van der Waals surface area contributed by atoms with E-state index in [4.69, 9.17) is 10.7 Å². The van der Waals surface area contributed by atoms with Gasteiger partial charge in [-0.3, -0.25) is 4.90 Å². The molecule has 0 bridgehead atoms. The molecule has 0 radical (unpaired) electrons. The summed E-state index contributed by atoms with van der Waals surface area (Å²) in [7, 11) is 0. The van der Waals surface area contributed by atoms with Crippen molar-refractivity contribution >= 4 is 49.1 Å². The Morgan fingerprint density at radius 2 is 1.85 bits per heavy atom. The standard InChI is InChI=1S/C32H31F5N8S/c1-15-10-45(16(2)9-40-15)29-19-7-21(32(35,36)37)24(18-3-4-22(33)27-23(18)20(8-38)28(39)46-27)25(34)26(19)41-30(42-29)43-11-17(12-43)44-13-31(14-44)5-6-31/h3-4,7,15-17,40H,5-6,9-14,39H2,1-2H3/t15-,16+/m1/s1. The van der Waals surface area contributed by atoms with Crippen molar-refractivity contribution in [3.8, 4) is 17.2 Å². The molecule has 8 rings (SSSR count). The molecule has 4 aliphatic rings. The van der Waals surface area contributed by atoms with Crippen LogP contribution in [0.4, 0.5) is 38.7 Å².